The molecule has 2 fully saturated rings. The van der Waals surface area contributed by atoms with E-state index in [0.29, 0.717) is 39.8 Å². The zero-order valence-electron chi connectivity index (χ0n) is 6.86. The van der Waals surface area contributed by atoms with E-state index in [9.17, 15) is 4.79 Å². The minimum absolute atomic E-state index is 0.0324. The molecule has 0 unspecified atom stereocenters. The van der Waals surface area contributed by atoms with Crippen molar-refractivity contribution in [2.45, 2.75) is 0 Å². The third kappa shape index (κ3) is 1.37. The van der Waals surface area contributed by atoms with Crippen molar-refractivity contribution in [1.29, 1.82) is 0 Å². The first-order chi connectivity index (χ1) is 5.88. The summed E-state index contributed by atoms with van der Waals surface area (Å²) in [5.74, 6) is 0. The smallest absolute Gasteiger partial charge is 0.323 e. The molecule has 2 amide bonds. The Hall–Kier alpha value is -0.810. The molecule has 68 valence electrons. The van der Waals surface area contributed by atoms with Gasteiger partial charge >= 0.3 is 6.03 Å². The molecule has 0 aromatic heterocycles. The van der Waals surface area contributed by atoms with E-state index in [2.05, 4.69) is 0 Å². The van der Waals surface area contributed by atoms with Crippen molar-refractivity contribution in [2.24, 2.45) is 0 Å². The van der Waals surface area contributed by atoms with E-state index in [4.69, 9.17) is 9.47 Å². The molecule has 0 bridgehead atoms. The maximum absolute atomic E-state index is 11.5. The molecule has 0 aliphatic carbocycles. The predicted octanol–water partition coefficient (Wildman–Crippen LogP) is -0.314. The van der Waals surface area contributed by atoms with E-state index in [1.54, 1.807) is 9.80 Å². The second-order valence-electron chi connectivity index (χ2n) is 2.88. The van der Waals surface area contributed by atoms with Gasteiger partial charge in [-0.1, -0.05) is 0 Å². The van der Waals surface area contributed by atoms with Crippen molar-refractivity contribution >= 4 is 6.03 Å². The van der Waals surface area contributed by atoms with Crippen molar-refractivity contribution in [3.05, 3.63) is 0 Å². The molecule has 0 spiro atoms. The van der Waals surface area contributed by atoms with Crippen LogP contribution < -0.4 is 0 Å². The van der Waals surface area contributed by atoms with Gasteiger partial charge in [-0.3, -0.25) is 9.80 Å². The lowest BCUT2D eigenvalue weighted by Crippen LogP contribution is -2.40. The molecule has 0 N–H and O–H groups in total. The molecule has 2 aliphatic heterocycles. The third-order valence-electron chi connectivity index (χ3n) is 2.05. The lowest BCUT2D eigenvalue weighted by atomic mass is 10.6. The van der Waals surface area contributed by atoms with E-state index in [-0.39, 0.29) is 6.03 Å². The molecular weight excluding hydrogens is 160 g/mol. The number of ether oxygens (including phenoxy) is 2. The Morgan fingerprint density at radius 1 is 1.00 bits per heavy atom. The topological polar surface area (TPSA) is 42.0 Å². The minimum Gasteiger partial charge on any atom is -0.359 e. The summed E-state index contributed by atoms with van der Waals surface area (Å²) in [6.45, 7) is 3.57. The van der Waals surface area contributed by atoms with Crippen LogP contribution in [0.15, 0.2) is 0 Å². The average Bonchev–Trinajstić information content (AvgIpc) is 2.77. The van der Waals surface area contributed by atoms with E-state index in [0.717, 1.165) is 0 Å². The van der Waals surface area contributed by atoms with E-state index in [1.807, 2.05) is 0 Å². The molecule has 0 saturated carbocycles. The van der Waals surface area contributed by atoms with Gasteiger partial charge in [0.1, 0.15) is 13.5 Å². The number of urea groups is 1. The second kappa shape index (κ2) is 3.28. The standard InChI is InChI=1S/C7H12N2O3/c10-7(8-1-3-11-5-8)9-2-4-12-6-9/h1-6H2. The van der Waals surface area contributed by atoms with Gasteiger partial charge in [0.05, 0.1) is 13.2 Å². The molecule has 5 nitrogen and oxygen atoms in total. The van der Waals surface area contributed by atoms with Gasteiger partial charge < -0.3 is 9.47 Å². The van der Waals surface area contributed by atoms with Crippen LogP contribution in [-0.2, 0) is 9.47 Å². The summed E-state index contributed by atoms with van der Waals surface area (Å²) in [6, 6.07) is 0.0324. The van der Waals surface area contributed by atoms with Gasteiger partial charge in [0, 0.05) is 13.1 Å². The Labute approximate surface area is 70.8 Å². The zero-order valence-corrected chi connectivity index (χ0v) is 6.86. The maximum atomic E-state index is 11.5. The van der Waals surface area contributed by atoms with Crippen LogP contribution in [-0.4, -0.2) is 55.6 Å². The lowest BCUT2D eigenvalue weighted by Gasteiger charge is -2.20. The number of hydrogen-bond donors (Lipinski definition) is 0. The summed E-state index contributed by atoms with van der Waals surface area (Å²) in [4.78, 5) is 14.9. The highest BCUT2D eigenvalue weighted by atomic mass is 16.5. The van der Waals surface area contributed by atoms with Gasteiger partial charge in [-0.05, 0) is 0 Å². The highest BCUT2D eigenvalue weighted by Crippen LogP contribution is 2.07. The van der Waals surface area contributed by atoms with Crippen LogP contribution in [0.4, 0.5) is 4.79 Å². The van der Waals surface area contributed by atoms with Crippen molar-refractivity contribution in [3.8, 4) is 0 Å². The molecule has 0 atom stereocenters. The monoisotopic (exact) mass is 172 g/mol. The normalized spacial score (nSPS) is 23.7. The van der Waals surface area contributed by atoms with Crippen LogP contribution in [0.3, 0.4) is 0 Å². The molecule has 2 heterocycles. The van der Waals surface area contributed by atoms with Gasteiger partial charge in [0.2, 0.25) is 0 Å². The number of carbonyl (C=O) groups is 1. The minimum atomic E-state index is 0.0324. The molecular formula is C7H12N2O3. The molecule has 2 aliphatic rings. The van der Waals surface area contributed by atoms with Gasteiger partial charge in [0.25, 0.3) is 0 Å². The first kappa shape index (κ1) is 7.82. The molecule has 12 heavy (non-hydrogen) atoms. The summed E-state index contributed by atoms with van der Waals surface area (Å²) in [5.41, 5.74) is 0. The Morgan fingerprint density at radius 2 is 1.50 bits per heavy atom. The van der Waals surface area contributed by atoms with E-state index < -0.39 is 0 Å². The van der Waals surface area contributed by atoms with Crippen LogP contribution in [0.25, 0.3) is 0 Å². The average molecular weight is 172 g/mol. The van der Waals surface area contributed by atoms with Gasteiger partial charge in [-0.2, -0.15) is 0 Å². The van der Waals surface area contributed by atoms with Gasteiger partial charge in [-0.25, -0.2) is 4.79 Å². The number of rotatable bonds is 0. The molecule has 5 heteroatoms. The van der Waals surface area contributed by atoms with Crippen LogP contribution in [0.2, 0.25) is 0 Å². The highest BCUT2D eigenvalue weighted by molar-refractivity contribution is 5.74. The lowest BCUT2D eigenvalue weighted by molar-refractivity contribution is 0.107. The van der Waals surface area contributed by atoms with Crippen molar-refractivity contribution in [1.82, 2.24) is 9.80 Å². The summed E-state index contributed by atoms with van der Waals surface area (Å²) in [6.07, 6.45) is 0. The van der Waals surface area contributed by atoms with Crippen molar-refractivity contribution in [2.75, 3.05) is 39.8 Å². The van der Waals surface area contributed by atoms with Crippen LogP contribution in [0.5, 0.6) is 0 Å². The van der Waals surface area contributed by atoms with Crippen molar-refractivity contribution in [3.63, 3.8) is 0 Å². The Bertz CT molecular complexity index is 155. The van der Waals surface area contributed by atoms with Gasteiger partial charge in [-0.15, -0.1) is 0 Å². The quantitative estimate of drug-likeness (QED) is 0.503. The molecule has 2 rings (SSSR count). The zero-order chi connectivity index (χ0) is 8.39. The van der Waals surface area contributed by atoms with E-state index in [1.165, 1.54) is 0 Å². The van der Waals surface area contributed by atoms with Crippen molar-refractivity contribution < 1.29 is 14.3 Å². The fraction of sp³-hybridized carbons (Fsp3) is 0.857. The Kier molecular flexibility index (Phi) is 2.14. The van der Waals surface area contributed by atoms with Crippen LogP contribution >= 0.6 is 0 Å². The highest BCUT2D eigenvalue weighted by Gasteiger charge is 2.26. The van der Waals surface area contributed by atoms with Crippen LogP contribution in [0.1, 0.15) is 0 Å². The Morgan fingerprint density at radius 3 is 1.83 bits per heavy atom. The fourth-order valence-electron chi connectivity index (χ4n) is 1.33. The fourth-order valence-corrected chi connectivity index (χ4v) is 1.33. The first-order valence-corrected chi connectivity index (χ1v) is 4.07. The third-order valence-corrected chi connectivity index (χ3v) is 2.05. The first-order valence-electron chi connectivity index (χ1n) is 4.07. The number of hydrogen-bond acceptors (Lipinski definition) is 3. The maximum Gasteiger partial charge on any atom is 0.323 e. The number of nitrogens with zero attached hydrogens (tertiary/aromatic N) is 2. The summed E-state index contributed by atoms with van der Waals surface area (Å²) in [5, 5.41) is 0. The van der Waals surface area contributed by atoms with E-state index >= 15 is 0 Å². The number of carbonyl (C=O) groups excluding carboxylic acids is 1. The van der Waals surface area contributed by atoms with Crippen LogP contribution in [0, 0.1) is 0 Å². The Balaban J connectivity index is 1.89. The largest absolute Gasteiger partial charge is 0.359 e. The second-order valence-corrected chi connectivity index (χ2v) is 2.88. The van der Waals surface area contributed by atoms with Gasteiger partial charge in [0.15, 0.2) is 0 Å². The predicted molar refractivity (Wildman–Crippen MR) is 40.4 cm³/mol. The molecule has 0 aromatic carbocycles. The molecule has 0 radical (unpaired) electrons. The SMILES string of the molecule is O=C(N1CCOC1)N1CCOC1. The summed E-state index contributed by atoms with van der Waals surface area (Å²) >= 11 is 0. The molecule has 0 aromatic rings. The number of amides is 2. The molecule has 2 saturated heterocycles. The summed E-state index contributed by atoms with van der Waals surface area (Å²) in [7, 11) is 0. The summed E-state index contributed by atoms with van der Waals surface area (Å²) < 4.78 is 10.2.